The lowest BCUT2D eigenvalue weighted by Crippen LogP contribution is -2.36. The smallest absolute Gasteiger partial charge is 0.241 e. The predicted molar refractivity (Wildman–Crippen MR) is 82.6 cm³/mol. The van der Waals surface area contributed by atoms with Gasteiger partial charge in [-0.2, -0.15) is 0 Å². The SMILES string of the molecule is Cc1ccc(C2NC(C(C)C)C(=O)N2C2CC2(C)C)s1. The highest BCUT2D eigenvalue weighted by Gasteiger charge is 2.57. The molecule has 3 nitrogen and oxygen atoms in total. The summed E-state index contributed by atoms with van der Waals surface area (Å²) in [6.45, 7) is 10.9. The molecule has 1 aliphatic carbocycles. The van der Waals surface area contributed by atoms with Crippen molar-refractivity contribution in [2.24, 2.45) is 11.3 Å². The van der Waals surface area contributed by atoms with Gasteiger partial charge in [-0.25, -0.2) is 0 Å². The number of hydrogen-bond donors (Lipinski definition) is 1. The molecule has 1 saturated heterocycles. The molecule has 110 valence electrons. The Labute approximate surface area is 125 Å². The number of hydrogen-bond acceptors (Lipinski definition) is 3. The molecule has 0 aromatic carbocycles. The van der Waals surface area contributed by atoms with Crippen molar-refractivity contribution in [3.63, 3.8) is 0 Å². The number of thiophene rings is 1. The molecule has 1 aromatic rings. The van der Waals surface area contributed by atoms with E-state index in [1.807, 2.05) is 0 Å². The molecule has 1 amide bonds. The summed E-state index contributed by atoms with van der Waals surface area (Å²) in [6, 6.07) is 4.65. The maximum Gasteiger partial charge on any atom is 0.241 e. The van der Waals surface area contributed by atoms with Crippen molar-refractivity contribution in [3.05, 3.63) is 21.9 Å². The number of carbonyl (C=O) groups is 1. The number of amides is 1. The lowest BCUT2D eigenvalue weighted by Gasteiger charge is -2.25. The van der Waals surface area contributed by atoms with Crippen molar-refractivity contribution < 1.29 is 4.79 Å². The third-order valence-corrected chi connectivity index (χ3v) is 5.68. The van der Waals surface area contributed by atoms with Gasteiger partial charge in [0.25, 0.3) is 0 Å². The van der Waals surface area contributed by atoms with Crippen LogP contribution in [0.25, 0.3) is 0 Å². The molecule has 3 atom stereocenters. The molecule has 3 rings (SSSR count). The largest absolute Gasteiger partial charge is 0.317 e. The third kappa shape index (κ3) is 2.19. The first-order valence-corrected chi connectivity index (χ1v) is 8.27. The van der Waals surface area contributed by atoms with E-state index in [0.29, 0.717) is 12.0 Å². The second-order valence-electron chi connectivity index (χ2n) is 7.19. The van der Waals surface area contributed by atoms with Crippen LogP contribution in [0.1, 0.15) is 50.0 Å². The van der Waals surface area contributed by atoms with Crippen molar-refractivity contribution in [2.45, 2.75) is 59.3 Å². The minimum Gasteiger partial charge on any atom is -0.317 e. The average molecular weight is 292 g/mol. The number of aryl methyl sites for hydroxylation is 1. The summed E-state index contributed by atoms with van der Waals surface area (Å²) >= 11 is 1.79. The van der Waals surface area contributed by atoms with E-state index in [1.54, 1.807) is 11.3 Å². The zero-order chi connectivity index (χ0) is 14.7. The zero-order valence-corrected chi connectivity index (χ0v) is 13.8. The molecular weight excluding hydrogens is 268 g/mol. The highest BCUT2D eigenvalue weighted by molar-refractivity contribution is 7.12. The highest BCUT2D eigenvalue weighted by Crippen LogP contribution is 2.52. The van der Waals surface area contributed by atoms with Crippen LogP contribution in [0.3, 0.4) is 0 Å². The first-order chi connectivity index (χ1) is 9.31. The van der Waals surface area contributed by atoms with Crippen molar-refractivity contribution in [1.29, 1.82) is 0 Å². The molecule has 0 radical (unpaired) electrons. The molecule has 2 fully saturated rings. The lowest BCUT2D eigenvalue weighted by molar-refractivity contribution is -0.131. The number of rotatable bonds is 3. The van der Waals surface area contributed by atoms with Gasteiger partial charge in [-0.1, -0.05) is 27.7 Å². The summed E-state index contributed by atoms with van der Waals surface area (Å²) in [5, 5.41) is 3.57. The lowest BCUT2D eigenvalue weighted by atomic mass is 10.0. The van der Waals surface area contributed by atoms with Crippen LogP contribution in [0.4, 0.5) is 0 Å². The maximum atomic E-state index is 12.8. The van der Waals surface area contributed by atoms with Gasteiger partial charge in [0.1, 0.15) is 6.17 Å². The van der Waals surface area contributed by atoms with Gasteiger partial charge in [0.05, 0.1) is 6.04 Å². The van der Waals surface area contributed by atoms with Crippen molar-refractivity contribution >= 4 is 17.2 Å². The Balaban J connectivity index is 1.92. The van der Waals surface area contributed by atoms with E-state index in [-0.39, 0.29) is 23.5 Å². The van der Waals surface area contributed by atoms with Gasteiger partial charge >= 0.3 is 0 Å². The molecule has 4 heteroatoms. The van der Waals surface area contributed by atoms with Crippen LogP contribution < -0.4 is 5.32 Å². The average Bonchev–Trinajstić information content (AvgIpc) is 2.73. The molecule has 20 heavy (non-hydrogen) atoms. The Morgan fingerprint density at radius 3 is 2.50 bits per heavy atom. The minimum absolute atomic E-state index is 0.0428. The molecule has 2 aliphatic rings. The first-order valence-electron chi connectivity index (χ1n) is 7.46. The van der Waals surface area contributed by atoms with Gasteiger partial charge in [-0.15, -0.1) is 11.3 Å². The molecule has 1 aromatic heterocycles. The maximum absolute atomic E-state index is 12.8. The molecular formula is C16H24N2OS. The van der Waals surface area contributed by atoms with Crippen molar-refractivity contribution in [2.75, 3.05) is 0 Å². The second-order valence-corrected chi connectivity index (χ2v) is 8.51. The molecule has 1 N–H and O–H groups in total. The van der Waals surface area contributed by atoms with Crippen LogP contribution in [0.2, 0.25) is 0 Å². The Bertz CT molecular complexity index is 534. The molecule has 2 heterocycles. The third-order valence-electron chi connectivity index (χ3n) is 4.63. The predicted octanol–water partition coefficient (Wildman–Crippen LogP) is 3.31. The molecule has 0 bridgehead atoms. The van der Waals surface area contributed by atoms with Gasteiger partial charge < -0.3 is 4.90 Å². The Hall–Kier alpha value is -0.870. The number of nitrogens with one attached hydrogen (secondary N) is 1. The fourth-order valence-corrected chi connectivity index (χ4v) is 4.09. The first kappa shape index (κ1) is 14.1. The van der Waals surface area contributed by atoms with Gasteiger partial charge in [0.2, 0.25) is 5.91 Å². The summed E-state index contributed by atoms with van der Waals surface area (Å²) in [7, 11) is 0. The summed E-state index contributed by atoms with van der Waals surface area (Å²) in [5.41, 5.74) is 0.272. The van der Waals surface area contributed by atoms with E-state index >= 15 is 0 Å². The molecule has 3 unspecified atom stereocenters. The van der Waals surface area contributed by atoms with Gasteiger partial charge in [0.15, 0.2) is 0 Å². The van der Waals surface area contributed by atoms with E-state index in [2.05, 4.69) is 57.0 Å². The topological polar surface area (TPSA) is 32.3 Å². The van der Waals surface area contributed by atoms with Gasteiger partial charge in [0, 0.05) is 15.8 Å². The zero-order valence-electron chi connectivity index (χ0n) is 12.9. The molecule has 1 aliphatic heterocycles. The summed E-state index contributed by atoms with van der Waals surface area (Å²) < 4.78 is 0. The van der Waals surface area contributed by atoms with Crippen LogP contribution in [0.15, 0.2) is 12.1 Å². The van der Waals surface area contributed by atoms with E-state index in [9.17, 15) is 4.79 Å². The van der Waals surface area contributed by atoms with Crippen molar-refractivity contribution in [3.8, 4) is 0 Å². The van der Waals surface area contributed by atoms with Gasteiger partial charge in [-0.05, 0) is 36.8 Å². The van der Waals surface area contributed by atoms with Crippen LogP contribution in [0, 0.1) is 18.3 Å². The van der Waals surface area contributed by atoms with Crippen LogP contribution in [0.5, 0.6) is 0 Å². The van der Waals surface area contributed by atoms with E-state index < -0.39 is 0 Å². The van der Waals surface area contributed by atoms with Crippen LogP contribution in [-0.2, 0) is 4.79 Å². The molecule has 1 saturated carbocycles. The van der Waals surface area contributed by atoms with E-state index in [0.717, 1.165) is 6.42 Å². The number of carbonyl (C=O) groups excluding carboxylic acids is 1. The quantitative estimate of drug-likeness (QED) is 0.927. The second kappa shape index (κ2) is 4.57. The van der Waals surface area contributed by atoms with Crippen LogP contribution in [-0.4, -0.2) is 22.9 Å². The Kier molecular flexibility index (Phi) is 3.22. The fourth-order valence-electron chi connectivity index (χ4n) is 3.15. The summed E-state index contributed by atoms with van der Waals surface area (Å²) in [6.07, 6.45) is 1.19. The van der Waals surface area contributed by atoms with E-state index in [1.165, 1.54) is 9.75 Å². The standard InChI is InChI=1S/C16H24N2OS/c1-9(2)13-15(19)18(12-8-16(12,4)5)14(17-13)11-7-6-10(3)20-11/h6-7,9,12-14,17H,8H2,1-5H3. The monoisotopic (exact) mass is 292 g/mol. The van der Waals surface area contributed by atoms with E-state index in [4.69, 9.17) is 0 Å². The van der Waals surface area contributed by atoms with Crippen molar-refractivity contribution in [1.82, 2.24) is 10.2 Å². The number of nitrogens with zero attached hydrogens (tertiary/aromatic N) is 1. The Morgan fingerprint density at radius 2 is 2.05 bits per heavy atom. The summed E-state index contributed by atoms with van der Waals surface area (Å²) in [4.78, 5) is 17.5. The summed E-state index contributed by atoms with van der Waals surface area (Å²) in [5.74, 6) is 0.615. The molecule has 0 spiro atoms. The highest BCUT2D eigenvalue weighted by atomic mass is 32.1. The Morgan fingerprint density at radius 1 is 1.40 bits per heavy atom. The fraction of sp³-hybridized carbons (Fsp3) is 0.688. The normalized spacial score (nSPS) is 32.2. The van der Waals surface area contributed by atoms with Gasteiger partial charge in [-0.3, -0.25) is 10.1 Å². The van der Waals surface area contributed by atoms with Crippen LogP contribution >= 0.6 is 11.3 Å². The minimum atomic E-state index is -0.0428.